The van der Waals surface area contributed by atoms with Gasteiger partial charge in [0.1, 0.15) is 6.10 Å². The van der Waals surface area contributed by atoms with Crippen molar-refractivity contribution in [2.24, 2.45) is 0 Å². The zero-order chi connectivity index (χ0) is 30.1. The van der Waals surface area contributed by atoms with Crippen LogP contribution in [-0.4, -0.2) is 23.1 Å². The molecule has 4 nitrogen and oxygen atoms in total. The molecule has 0 saturated heterocycles. The molecule has 0 heterocycles. The molecule has 41 heavy (non-hydrogen) atoms. The lowest BCUT2D eigenvalue weighted by Crippen LogP contribution is -2.16. The molecule has 0 rings (SSSR count). The van der Waals surface area contributed by atoms with Crippen molar-refractivity contribution in [3.8, 4) is 0 Å². The third kappa shape index (κ3) is 32.3. The highest BCUT2D eigenvalue weighted by Crippen LogP contribution is 2.15. The Morgan fingerprint density at radius 1 is 0.561 bits per heavy atom. The molecule has 0 spiro atoms. The van der Waals surface area contributed by atoms with Crippen LogP contribution in [0.1, 0.15) is 168 Å². The summed E-state index contributed by atoms with van der Waals surface area (Å²) >= 11 is 0. The molecule has 1 unspecified atom stereocenters. The molecule has 4 heteroatoms. The second-order valence-electron chi connectivity index (χ2n) is 11.3. The molecule has 1 atom stereocenters. The van der Waals surface area contributed by atoms with Crippen LogP contribution in [-0.2, 0) is 14.3 Å². The van der Waals surface area contributed by atoms with E-state index in [-0.39, 0.29) is 18.5 Å². The van der Waals surface area contributed by atoms with Gasteiger partial charge in [-0.2, -0.15) is 0 Å². The Labute approximate surface area is 253 Å². The van der Waals surface area contributed by atoms with E-state index in [1.54, 1.807) is 0 Å². The van der Waals surface area contributed by atoms with Crippen molar-refractivity contribution >= 4 is 11.9 Å². The fourth-order valence-electron chi connectivity index (χ4n) is 4.70. The maximum atomic E-state index is 12.5. The Balaban J connectivity index is 4.21. The Bertz CT molecular complexity index is 704. The van der Waals surface area contributed by atoms with Crippen LogP contribution in [0, 0.1) is 0 Å². The van der Waals surface area contributed by atoms with E-state index < -0.39 is 5.97 Å². The third-order valence-electron chi connectivity index (χ3n) is 7.24. The van der Waals surface area contributed by atoms with Gasteiger partial charge >= 0.3 is 11.9 Å². The minimum Gasteiger partial charge on any atom is -0.481 e. The monoisotopic (exact) mass is 572 g/mol. The molecular weight excluding hydrogens is 508 g/mol. The number of carboxylic acid groups (broad SMARTS) is 1. The summed E-state index contributed by atoms with van der Waals surface area (Å²) < 4.78 is 5.87. The van der Waals surface area contributed by atoms with E-state index in [4.69, 9.17) is 9.84 Å². The van der Waals surface area contributed by atoms with Crippen LogP contribution in [0.5, 0.6) is 0 Å². The number of aliphatic carboxylic acids is 1. The van der Waals surface area contributed by atoms with Gasteiger partial charge in [0.25, 0.3) is 0 Å². The molecule has 0 amide bonds. The maximum absolute atomic E-state index is 12.5. The largest absolute Gasteiger partial charge is 0.481 e. The van der Waals surface area contributed by atoms with Crippen molar-refractivity contribution in [3.63, 3.8) is 0 Å². The predicted octanol–water partition coefficient (Wildman–Crippen LogP) is 11.6. The third-order valence-corrected chi connectivity index (χ3v) is 7.24. The molecular formula is C37H64O4. The number of unbranched alkanes of at least 4 members (excludes halogenated alkanes) is 15. The number of carbonyl (C=O) groups is 2. The number of rotatable bonds is 30. The number of esters is 1. The molecule has 0 radical (unpaired) electrons. The van der Waals surface area contributed by atoms with E-state index in [1.165, 1.54) is 57.8 Å². The molecule has 0 saturated carbocycles. The number of hydrogen-bond acceptors (Lipinski definition) is 3. The van der Waals surface area contributed by atoms with E-state index in [0.717, 1.165) is 83.5 Å². The molecule has 0 aromatic carbocycles. The van der Waals surface area contributed by atoms with Gasteiger partial charge in [0, 0.05) is 12.8 Å². The zero-order valence-electron chi connectivity index (χ0n) is 26.8. The van der Waals surface area contributed by atoms with Crippen molar-refractivity contribution in [3.05, 3.63) is 48.6 Å². The zero-order valence-corrected chi connectivity index (χ0v) is 26.8. The van der Waals surface area contributed by atoms with Crippen LogP contribution < -0.4 is 0 Å². The lowest BCUT2D eigenvalue weighted by Gasteiger charge is -2.14. The van der Waals surface area contributed by atoms with Crippen LogP contribution in [0.15, 0.2) is 48.6 Å². The lowest BCUT2D eigenvalue weighted by atomic mass is 10.1. The highest BCUT2D eigenvalue weighted by atomic mass is 16.5. The Kier molecular flexibility index (Phi) is 30.8. The average Bonchev–Trinajstić information content (AvgIpc) is 2.95. The molecule has 0 aromatic rings. The normalized spacial score (nSPS) is 12.8. The second kappa shape index (κ2) is 32.4. The molecule has 236 valence electrons. The van der Waals surface area contributed by atoms with Gasteiger partial charge in [0.05, 0.1) is 0 Å². The first kappa shape index (κ1) is 38.9. The second-order valence-corrected chi connectivity index (χ2v) is 11.3. The number of carboxylic acids is 1. The van der Waals surface area contributed by atoms with Gasteiger partial charge in [-0.25, -0.2) is 0 Å². The summed E-state index contributed by atoms with van der Waals surface area (Å²) in [5.41, 5.74) is 0. The van der Waals surface area contributed by atoms with Gasteiger partial charge in [-0.1, -0.05) is 127 Å². The van der Waals surface area contributed by atoms with Crippen LogP contribution in [0.2, 0.25) is 0 Å². The molecule has 0 bridgehead atoms. The van der Waals surface area contributed by atoms with Gasteiger partial charge in [-0.15, -0.1) is 0 Å². The summed E-state index contributed by atoms with van der Waals surface area (Å²) in [6, 6.07) is 0. The minimum absolute atomic E-state index is 0.0705. The number of ether oxygens (including phenoxy) is 1. The average molecular weight is 573 g/mol. The van der Waals surface area contributed by atoms with Gasteiger partial charge in [0.2, 0.25) is 0 Å². The van der Waals surface area contributed by atoms with Crippen LogP contribution >= 0.6 is 0 Å². The highest BCUT2D eigenvalue weighted by Gasteiger charge is 2.11. The van der Waals surface area contributed by atoms with E-state index in [9.17, 15) is 9.59 Å². The van der Waals surface area contributed by atoms with Crippen LogP contribution in [0.25, 0.3) is 0 Å². The standard InChI is InChI=1S/C37H64O4/c1-3-5-7-9-11-13-14-15-16-18-20-26-30-34-37(40)41-35(31-27-23-19-17-12-10-8-6-4-2)32-28-24-21-22-25-29-33-36(38)39/h7,9,13-14,17,19,27,31,35H,3-6,8,10-12,15-16,18,20-26,28-30,32-34H2,1-2H3,(H,38,39)/b9-7-,14-13-,19-17-,31-27-. The Morgan fingerprint density at radius 2 is 1.07 bits per heavy atom. The minimum atomic E-state index is -0.706. The van der Waals surface area contributed by atoms with Crippen molar-refractivity contribution in [1.29, 1.82) is 0 Å². The van der Waals surface area contributed by atoms with Gasteiger partial charge in [-0.05, 0) is 76.7 Å². The van der Waals surface area contributed by atoms with E-state index in [2.05, 4.69) is 62.5 Å². The molecule has 0 aliphatic rings. The van der Waals surface area contributed by atoms with Crippen molar-refractivity contribution in [2.45, 2.75) is 174 Å². The summed E-state index contributed by atoms with van der Waals surface area (Å²) in [7, 11) is 0. The van der Waals surface area contributed by atoms with E-state index in [1.807, 2.05) is 0 Å². The topological polar surface area (TPSA) is 63.6 Å². The molecule has 0 aliphatic heterocycles. The fourth-order valence-corrected chi connectivity index (χ4v) is 4.70. The SMILES string of the molecule is CCC/C=C\C/C=C\CCCCCCCC(=O)OC(/C=C\C/C=C\CCCCCC)CCCCCCCCC(=O)O. The molecule has 1 N–H and O–H groups in total. The predicted molar refractivity (Wildman–Crippen MR) is 176 cm³/mol. The summed E-state index contributed by atoms with van der Waals surface area (Å²) in [4.78, 5) is 23.2. The Morgan fingerprint density at radius 3 is 1.68 bits per heavy atom. The van der Waals surface area contributed by atoms with Crippen molar-refractivity contribution in [1.82, 2.24) is 0 Å². The van der Waals surface area contributed by atoms with Gasteiger partial charge < -0.3 is 9.84 Å². The van der Waals surface area contributed by atoms with E-state index >= 15 is 0 Å². The first-order valence-electron chi connectivity index (χ1n) is 17.1. The van der Waals surface area contributed by atoms with E-state index in [0.29, 0.717) is 6.42 Å². The smallest absolute Gasteiger partial charge is 0.306 e. The van der Waals surface area contributed by atoms with Crippen LogP contribution in [0.3, 0.4) is 0 Å². The summed E-state index contributed by atoms with van der Waals surface area (Å²) in [6.07, 6.45) is 42.7. The molecule has 0 fully saturated rings. The number of allylic oxidation sites excluding steroid dienone is 7. The van der Waals surface area contributed by atoms with Crippen molar-refractivity contribution in [2.75, 3.05) is 0 Å². The number of carbonyl (C=O) groups excluding carboxylic acids is 1. The number of hydrogen-bond donors (Lipinski definition) is 1. The van der Waals surface area contributed by atoms with Gasteiger partial charge in [0.15, 0.2) is 0 Å². The summed E-state index contributed by atoms with van der Waals surface area (Å²) in [5.74, 6) is -0.777. The molecule has 0 aromatic heterocycles. The fraction of sp³-hybridized carbons (Fsp3) is 0.730. The quantitative estimate of drug-likeness (QED) is 0.0528. The lowest BCUT2D eigenvalue weighted by molar-refractivity contribution is -0.147. The Hall–Kier alpha value is -2.10. The first-order valence-corrected chi connectivity index (χ1v) is 17.1. The molecule has 0 aliphatic carbocycles. The maximum Gasteiger partial charge on any atom is 0.306 e. The summed E-state index contributed by atoms with van der Waals surface area (Å²) in [6.45, 7) is 4.44. The summed E-state index contributed by atoms with van der Waals surface area (Å²) in [5, 5.41) is 8.75. The van der Waals surface area contributed by atoms with Crippen LogP contribution in [0.4, 0.5) is 0 Å². The highest BCUT2D eigenvalue weighted by molar-refractivity contribution is 5.69. The van der Waals surface area contributed by atoms with Crippen molar-refractivity contribution < 1.29 is 19.4 Å². The van der Waals surface area contributed by atoms with Gasteiger partial charge in [-0.3, -0.25) is 9.59 Å². The first-order chi connectivity index (χ1) is 20.1.